The first-order valence-electron chi connectivity index (χ1n) is 4.03. The van der Waals surface area contributed by atoms with E-state index in [4.69, 9.17) is 11.0 Å². The van der Waals surface area contributed by atoms with Gasteiger partial charge in [0.25, 0.3) is 0 Å². The highest BCUT2D eigenvalue weighted by atomic mass is 14.5. The molecular weight excluding hydrogens is 148 g/mol. The molecule has 12 heavy (non-hydrogen) atoms. The lowest BCUT2D eigenvalue weighted by Gasteiger charge is -2.05. The van der Waals surface area contributed by atoms with Crippen LogP contribution in [0.1, 0.15) is 24.8 Å². The lowest BCUT2D eigenvalue weighted by Crippen LogP contribution is -1.93. The van der Waals surface area contributed by atoms with Crippen molar-refractivity contribution in [1.29, 1.82) is 5.26 Å². The summed E-state index contributed by atoms with van der Waals surface area (Å²) in [5.74, 6) is 0.00519. The maximum absolute atomic E-state index is 8.77. The summed E-state index contributed by atoms with van der Waals surface area (Å²) < 4.78 is 0. The number of nitrogens with two attached hydrogens (primary N) is 1. The molecule has 1 atom stereocenters. The van der Waals surface area contributed by atoms with Gasteiger partial charge in [-0.1, -0.05) is 19.1 Å². The van der Waals surface area contributed by atoms with Gasteiger partial charge in [-0.25, -0.2) is 0 Å². The molecule has 2 N–H and O–H groups in total. The van der Waals surface area contributed by atoms with Crippen molar-refractivity contribution in [2.45, 2.75) is 19.3 Å². The number of nitrogen functional groups attached to an aromatic ring is 1. The van der Waals surface area contributed by atoms with Crippen LogP contribution in [0.2, 0.25) is 0 Å². The van der Waals surface area contributed by atoms with E-state index in [9.17, 15) is 0 Å². The average molecular weight is 160 g/mol. The van der Waals surface area contributed by atoms with E-state index in [1.165, 1.54) is 0 Å². The van der Waals surface area contributed by atoms with Crippen molar-refractivity contribution >= 4 is 5.69 Å². The second kappa shape index (κ2) is 3.77. The van der Waals surface area contributed by atoms with Crippen LogP contribution in [0.25, 0.3) is 0 Å². The Hall–Kier alpha value is -1.49. The van der Waals surface area contributed by atoms with Crippen LogP contribution in [0.5, 0.6) is 0 Å². The van der Waals surface area contributed by atoms with Crippen molar-refractivity contribution in [3.8, 4) is 6.07 Å². The van der Waals surface area contributed by atoms with Crippen LogP contribution in [0.15, 0.2) is 24.3 Å². The fourth-order valence-electron chi connectivity index (χ4n) is 1.13. The molecule has 0 bridgehead atoms. The van der Waals surface area contributed by atoms with E-state index >= 15 is 0 Å². The summed E-state index contributed by atoms with van der Waals surface area (Å²) in [5, 5.41) is 8.77. The number of anilines is 1. The van der Waals surface area contributed by atoms with Gasteiger partial charge in [-0.05, 0) is 24.1 Å². The molecule has 62 valence electrons. The van der Waals surface area contributed by atoms with E-state index in [2.05, 4.69) is 6.07 Å². The Kier molecular flexibility index (Phi) is 2.71. The number of nitriles is 1. The van der Waals surface area contributed by atoms with E-state index in [-0.39, 0.29) is 5.92 Å². The molecule has 0 aliphatic carbocycles. The predicted octanol–water partition coefficient (Wildman–Crippen LogP) is 2.29. The van der Waals surface area contributed by atoms with Crippen LogP contribution in [0.4, 0.5) is 5.69 Å². The van der Waals surface area contributed by atoms with Crippen molar-refractivity contribution in [3.05, 3.63) is 29.8 Å². The van der Waals surface area contributed by atoms with Crippen LogP contribution in [-0.2, 0) is 0 Å². The van der Waals surface area contributed by atoms with Crippen LogP contribution in [-0.4, -0.2) is 0 Å². The van der Waals surface area contributed by atoms with Gasteiger partial charge < -0.3 is 5.73 Å². The van der Waals surface area contributed by atoms with E-state index < -0.39 is 0 Å². The molecule has 1 unspecified atom stereocenters. The molecular formula is C10H12N2. The minimum absolute atomic E-state index is 0.00519. The Bertz CT molecular complexity index is 282. The molecule has 0 radical (unpaired) electrons. The van der Waals surface area contributed by atoms with Crippen molar-refractivity contribution in [1.82, 2.24) is 0 Å². The molecule has 2 nitrogen and oxygen atoms in total. The third-order valence-corrected chi connectivity index (χ3v) is 1.90. The van der Waals surface area contributed by atoms with Crippen molar-refractivity contribution < 1.29 is 0 Å². The molecule has 0 amide bonds. The number of hydrogen-bond donors (Lipinski definition) is 1. The Morgan fingerprint density at radius 3 is 2.42 bits per heavy atom. The zero-order chi connectivity index (χ0) is 8.97. The zero-order valence-electron chi connectivity index (χ0n) is 7.12. The first-order valence-corrected chi connectivity index (χ1v) is 4.03. The summed E-state index contributed by atoms with van der Waals surface area (Å²) in [6.07, 6.45) is 0.848. The van der Waals surface area contributed by atoms with Crippen LogP contribution < -0.4 is 5.73 Å². The van der Waals surface area contributed by atoms with Gasteiger partial charge in [-0.15, -0.1) is 0 Å². The summed E-state index contributed by atoms with van der Waals surface area (Å²) in [6.45, 7) is 2.00. The summed E-state index contributed by atoms with van der Waals surface area (Å²) in [7, 11) is 0. The SMILES string of the molecule is CCC(C#N)c1ccc(N)cc1. The Labute approximate surface area is 72.6 Å². The Morgan fingerprint density at radius 2 is 2.00 bits per heavy atom. The van der Waals surface area contributed by atoms with Gasteiger partial charge in [0.1, 0.15) is 0 Å². The third-order valence-electron chi connectivity index (χ3n) is 1.90. The zero-order valence-corrected chi connectivity index (χ0v) is 7.12. The molecule has 1 rings (SSSR count). The predicted molar refractivity (Wildman–Crippen MR) is 49.5 cm³/mol. The van der Waals surface area contributed by atoms with Crippen LogP contribution >= 0.6 is 0 Å². The van der Waals surface area contributed by atoms with E-state index in [0.717, 1.165) is 17.7 Å². The molecule has 0 fully saturated rings. The number of hydrogen-bond acceptors (Lipinski definition) is 2. The van der Waals surface area contributed by atoms with Gasteiger partial charge >= 0.3 is 0 Å². The average Bonchev–Trinajstić information content (AvgIpc) is 2.10. The highest BCUT2D eigenvalue weighted by Crippen LogP contribution is 2.19. The second-order valence-corrected chi connectivity index (χ2v) is 2.76. The molecule has 2 heteroatoms. The molecule has 1 aromatic rings. The molecule has 0 saturated heterocycles. The second-order valence-electron chi connectivity index (χ2n) is 2.76. The molecule has 0 aliphatic heterocycles. The first kappa shape index (κ1) is 8.61. The van der Waals surface area contributed by atoms with Gasteiger partial charge in [-0.2, -0.15) is 5.26 Å². The highest BCUT2D eigenvalue weighted by Gasteiger charge is 2.05. The molecule has 1 aromatic carbocycles. The molecule has 0 saturated carbocycles. The number of benzene rings is 1. The lowest BCUT2D eigenvalue weighted by atomic mass is 9.98. The quantitative estimate of drug-likeness (QED) is 0.675. The Balaban J connectivity index is 2.89. The molecule has 0 heterocycles. The molecule has 0 aliphatic rings. The van der Waals surface area contributed by atoms with Gasteiger partial charge in [0.15, 0.2) is 0 Å². The van der Waals surface area contributed by atoms with E-state index in [1.807, 2.05) is 31.2 Å². The maximum Gasteiger partial charge on any atom is 0.0710 e. The largest absolute Gasteiger partial charge is 0.399 e. The fourth-order valence-corrected chi connectivity index (χ4v) is 1.13. The van der Waals surface area contributed by atoms with Gasteiger partial charge in [0.2, 0.25) is 0 Å². The summed E-state index contributed by atoms with van der Waals surface area (Å²) >= 11 is 0. The number of rotatable bonds is 2. The van der Waals surface area contributed by atoms with Crippen molar-refractivity contribution in [3.63, 3.8) is 0 Å². The van der Waals surface area contributed by atoms with E-state index in [0.29, 0.717) is 0 Å². The topological polar surface area (TPSA) is 49.8 Å². The monoisotopic (exact) mass is 160 g/mol. The van der Waals surface area contributed by atoms with E-state index in [1.54, 1.807) is 0 Å². The summed E-state index contributed by atoms with van der Waals surface area (Å²) in [6, 6.07) is 9.72. The molecule has 0 spiro atoms. The van der Waals surface area contributed by atoms with Gasteiger partial charge in [0.05, 0.1) is 12.0 Å². The third kappa shape index (κ3) is 1.76. The normalized spacial score (nSPS) is 12.0. The minimum Gasteiger partial charge on any atom is -0.399 e. The van der Waals surface area contributed by atoms with Crippen molar-refractivity contribution in [2.75, 3.05) is 5.73 Å². The maximum atomic E-state index is 8.77. The van der Waals surface area contributed by atoms with Gasteiger partial charge in [0, 0.05) is 5.69 Å². The first-order chi connectivity index (χ1) is 5.77. The fraction of sp³-hybridized carbons (Fsp3) is 0.300. The lowest BCUT2D eigenvalue weighted by molar-refractivity contribution is 0.818. The van der Waals surface area contributed by atoms with Crippen molar-refractivity contribution in [2.24, 2.45) is 0 Å². The Morgan fingerprint density at radius 1 is 1.42 bits per heavy atom. The standard InChI is InChI=1S/C10H12N2/c1-2-8(7-11)9-3-5-10(12)6-4-9/h3-6,8H,2,12H2,1H3. The smallest absolute Gasteiger partial charge is 0.0710 e. The molecule has 0 aromatic heterocycles. The highest BCUT2D eigenvalue weighted by molar-refractivity contribution is 5.41. The summed E-state index contributed by atoms with van der Waals surface area (Å²) in [5.41, 5.74) is 7.32. The van der Waals surface area contributed by atoms with Crippen LogP contribution in [0, 0.1) is 11.3 Å². The van der Waals surface area contributed by atoms with Gasteiger partial charge in [-0.3, -0.25) is 0 Å². The summed E-state index contributed by atoms with van der Waals surface area (Å²) in [4.78, 5) is 0. The minimum atomic E-state index is 0.00519. The van der Waals surface area contributed by atoms with Crippen LogP contribution in [0.3, 0.4) is 0 Å². The number of nitrogens with zero attached hydrogens (tertiary/aromatic N) is 1.